The number of carbonyl (C=O) groups excluding carboxylic acids is 2. The number of ether oxygens (including phenoxy) is 2. The molecule has 0 saturated carbocycles. The number of urea groups is 1. The van der Waals surface area contributed by atoms with E-state index < -0.39 is 5.97 Å². The molecule has 2 aromatic carbocycles. The molecular weight excluding hydrogens is 308 g/mol. The molecule has 2 amide bonds. The molecule has 0 aliphatic heterocycles. The number of anilines is 1. The van der Waals surface area contributed by atoms with Crippen LogP contribution >= 0.6 is 0 Å². The second kappa shape index (κ2) is 8.57. The molecule has 6 nitrogen and oxygen atoms in total. The van der Waals surface area contributed by atoms with Gasteiger partial charge in [0.05, 0.1) is 7.11 Å². The van der Waals surface area contributed by atoms with Gasteiger partial charge in [-0.1, -0.05) is 18.2 Å². The van der Waals surface area contributed by atoms with E-state index >= 15 is 0 Å². The Labute approximate surface area is 140 Å². The monoisotopic (exact) mass is 328 g/mol. The van der Waals surface area contributed by atoms with Crippen LogP contribution in [0.25, 0.3) is 0 Å². The van der Waals surface area contributed by atoms with Gasteiger partial charge in [0.25, 0.3) is 0 Å². The number of benzene rings is 2. The number of rotatable bonds is 6. The summed E-state index contributed by atoms with van der Waals surface area (Å²) in [4.78, 5) is 22.8. The third-order valence-corrected chi connectivity index (χ3v) is 3.19. The van der Waals surface area contributed by atoms with Crippen molar-refractivity contribution in [3.05, 3.63) is 54.1 Å². The summed E-state index contributed by atoms with van der Waals surface area (Å²) in [6, 6.07) is 14.0. The lowest BCUT2D eigenvalue weighted by Gasteiger charge is -2.09. The Morgan fingerprint density at radius 2 is 1.79 bits per heavy atom. The fraction of sp³-hybridized carbons (Fsp3) is 0.222. The molecule has 0 bridgehead atoms. The Balaban J connectivity index is 1.81. The Morgan fingerprint density at radius 1 is 1.04 bits per heavy atom. The number of carbonyl (C=O) groups is 2. The molecule has 2 rings (SSSR count). The molecule has 0 spiro atoms. The van der Waals surface area contributed by atoms with Crippen molar-refractivity contribution in [3.8, 4) is 11.5 Å². The zero-order chi connectivity index (χ0) is 17.4. The summed E-state index contributed by atoms with van der Waals surface area (Å²) in [6.45, 7) is 1.81. The van der Waals surface area contributed by atoms with Gasteiger partial charge in [-0.25, -0.2) is 4.79 Å². The summed E-state index contributed by atoms with van der Waals surface area (Å²) in [5.74, 6) is 0.769. The first-order valence-electron chi connectivity index (χ1n) is 7.53. The first-order valence-corrected chi connectivity index (χ1v) is 7.53. The topological polar surface area (TPSA) is 76.7 Å². The van der Waals surface area contributed by atoms with Crippen molar-refractivity contribution in [1.82, 2.24) is 5.32 Å². The summed E-state index contributed by atoms with van der Waals surface area (Å²) in [6.07, 6.45) is 0.693. The maximum Gasteiger partial charge on any atom is 0.319 e. The predicted octanol–water partition coefficient (Wildman–Crippen LogP) is 2.98. The molecule has 0 aliphatic carbocycles. The molecule has 0 aliphatic rings. The Hall–Kier alpha value is -3.02. The van der Waals surface area contributed by atoms with E-state index in [9.17, 15) is 9.59 Å². The summed E-state index contributed by atoms with van der Waals surface area (Å²) in [7, 11) is 1.62. The quantitative estimate of drug-likeness (QED) is 0.631. The van der Waals surface area contributed by atoms with Gasteiger partial charge in [-0.05, 0) is 36.2 Å². The SMILES string of the molecule is COc1cccc(CCNC(=O)Nc2cccc(OC(C)=O)c2)c1. The summed E-state index contributed by atoms with van der Waals surface area (Å²) < 4.78 is 10.1. The number of nitrogens with one attached hydrogen (secondary N) is 2. The van der Waals surface area contributed by atoms with Crippen molar-refractivity contribution in [2.75, 3.05) is 19.0 Å². The normalized spacial score (nSPS) is 9.92. The molecule has 0 heterocycles. The van der Waals surface area contributed by atoms with E-state index in [0.29, 0.717) is 24.4 Å². The van der Waals surface area contributed by atoms with Gasteiger partial charge in [0.1, 0.15) is 11.5 Å². The van der Waals surface area contributed by atoms with Crippen LogP contribution in [0.1, 0.15) is 12.5 Å². The van der Waals surface area contributed by atoms with Gasteiger partial charge >= 0.3 is 12.0 Å². The number of amides is 2. The van der Waals surface area contributed by atoms with Crippen molar-refractivity contribution in [2.45, 2.75) is 13.3 Å². The first-order chi connectivity index (χ1) is 11.6. The van der Waals surface area contributed by atoms with Crippen molar-refractivity contribution in [3.63, 3.8) is 0 Å². The van der Waals surface area contributed by atoms with Crippen LogP contribution in [-0.4, -0.2) is 25.7 Å². The molecule has 24 heavy (non-hydrogen) atoms. The van der Waals surface area contributed by atoms with Gasteiger partial charge in [-0.3, -0.25) is 4.79 Å². The number of methoxy groups -OCH3 is 1. The van der Waals surface area contributed by atoms with E-state index in [1.807, 2.05) is 24.3 Å². The van der Waals surface area contributed by atoms with E-state index in [4.69, 9.17) is 9.47 Å². The molecule has 0 radical (unpaired) electrons. The lowest BCUT2D eigenvalue weighted by Crippen LogP contribution is -2.30. The highest BCUT2D eigenvalue weighted by atomic mass is 16.5. The molecule has 0 aromatic heterocycles. The third-order valence-electron chi connectivity index (χ3n) is 3.19. The average Bonchev–Trinajstić information content (AvgIpc) is 2.54. The van der Waals surface area contributed by atoms with Crippen LogP contribution in [-0.2, 0) is 11.2 Å². The summed E-state index contributed by atoms with van der Waals surface area (Å²) >= 11 is 0. The Kier molecular flexibility index (Phi) is 6.19. The van der Waals surface area contributed by atoms with Crippen LogP contribution in [0.2, 0.25) is 0 Å². The number of esters is 1. The summed E-state index contributed by atoms with van der Waals surface area (Å²) in [5.41, 5.74) is 1.62. The van der Waals surface area contributed by atoms with Gasteiger partial charge in [-0.2, -0.15) is 0 Å². The van der Waals surface area contributed by atoms with E-state index in [-0.39, 0.29) is 6.03 Å². The van der Waals surface area contributed by atoms with E-state index in [1.165, 1.54) is 6.92 Å². The fourth-order valence-electron chi connectivity index (χ4n) is 2.13. The highest BCUT2D eigenvalue weighted by Gasteiger charge is 2.04. The molecule has 0 saturated heterocycles. The minimum absolute atomic E-state index is 0.321. The standard InChI is InChI=1S/C18H20N2O4/c1-13(21)24-17-8-4-6-15(12-17)20-18(22)19-10-9-14-5-3-7-16(11-14)23-2/h3-8,11-12H,9-10H2,1-2H3,(H2,19,20,22). The smallest absolute Gasteiger partial charge is 0.319 e. The highest BCUT2D eigenvalue weighted by molar-refractivity contribution is 5.89. The molecule has 0 unspecified atom stereocenters. The van der Waals surface area contributed by atoms with Crippen molar-refractivity contribution in [2.24, 2.45) is 0 Å². The first kappa shape index (κ1) is 17.3. The molecule has 2 N–H and O–H groups in total. The minimum Gasteiger partial charge on any atom is -0.497 e. The lowest BCUT2D eigenvalue weighted by atomic mass is 10.1. The predicted molar refractivity (Wildman–Crippen MR) is 91.5 cm³/mol. The van der Waals surface area contributed by atoms with Gasteiger partial charge in [0, 0.05) is 25.2 Å². The van der Waals surface area contributed by atoms with Crippen LogP contribution in [0, 0.1) is 0 Å². The Bertz CT molecular complexity index is 716. The van der Waals surface area contributed by atoms with E-state index in [1.54, 1.807) is 31.4 Å². The van der Waals surface area contributed by atoms with Crippen LogP contribution < -0.4 is 20.1 Å². The molecule has 0 atom stereocenters. The lowest BCUT2D eigenvalue weighted by molar-refractivity contribution is -0.131. The molecule has 6 heteroatoms. The zero-order valence-electron chi connectivity index (χ0n) is 13.7. The molecule has 126 valence electrons. The van der Waals surface area contributed by atoms with Crippen molar-refractivity contribution in [1.29, 1.82) is 0 Å². The van der Waals surface area contributed by atoms with Gasteiger partial charge in [0.2, 0.25) is 0 Å². The van der Waals surface area contributed by atoms with Gasteiger partial charge in [0.15, 0.2) is 0 Å². The van der Waals surface area contributed by atoms with Crippen molar-refractivity contribution >= 4 is 17.7 Å². The van der Waals surface area contributed by atoms with E-state index in [0.717, 1.165) is 11.3 Å². The van der Waals surface area contributed by atoms with Gasteiger partial charge < -0.3 is 20.1 Å². The number of hydrogen-bond acceptors (Lipinski definition) is 4. The molecular formula is C18H20N2O4. The van der Waals surface area contributed by atoms with Crippen molar-refractivity contribution < 1.29 is 19.1 Å². The minimum atomic E-state index is -0.408. The largest absolute Gasteiger partial charge is 0.497 e. The van der Waals surface area contributed by atoms with Crippen LogP contribution in [0.4, 0.5) is 10.5 Å². The van der Waals surface area contributed by atoms with Gasteiger partial charge in [-0.15, -0.1) is 0 Å². The van der Waals surface area contributed by atoms with Crippen LogP contribution in [0.5, 0.6) is 11.5 Å². The third kappa shape index (κ3) is 5.64. The van der Waals surface area contributed by atoms with E-state index in [2.05, 4.69) is 10.6 Å². The maximum atomic E-state index is 11.9. The Morgan fingerprint density at radius 3 is 2.54 bits per heavy atom. The number of hydrogen-bond donors (Lipinski definition) is 2. The maximum absolute atomic E-state index is 11.9. The zero-order valence-corrected chi connectivity index (χ0v) is 13.7. The van der Waals surface area contributed by atoms with Crippen LogP contribution in [0.3, 0.4) is 0 Å². The second-order valence-electron chi connectivity index (χ2n) is 5.10. The van der Waals surface area contributed by atoms with Crippen LogP contribution in [0.15, 0.2) is 48.5 Å². The fourth-order valence-corrected chi connectivity index (χ4v) is 2.13. The molecule has 0 fully saturated rings. The molecule has 2 aromatic rings. The average molecular weight is 328 g/mol. The highest BCUT2D eigenvalue weighted by Crippen LogP contribution is 2.17. The second-order valence-corrected chi connectivity index (χ2v) is 5.10. The summed E-state index contributed by atoms with van der Waals surface area (Å²) in [5, 5.41) is 5.48.